The van der Waals surface area contributed by atoms with Gasteiger partial charge < -0.3 is 9.84 Å². The Morgan fingerprint density at radius 1 is 1.39 bits per heavy atom. The highest BCUT2D eigenvalue weighted by Crippen LogP contribution is 2.30. The number of aliphatic hydroxyl groups is 1. The van der Waals surface area contributed by atoms with Crippen molar-refractivity contribution in [3.63, 3.8) is 0 Å². The zero-order valence-corrected chi connectivity index (χ0v) is 12.4. The topological polar surface area (TPSA) is 42.4 Å². The van der Waals surface area contributed by atoms with Crippen LogP contribution in [0.3, 0.4) is 0 Å². The number of nitrogens with zero attached hydrogens (tertiary/aromatic N) is 1. The van der Waals surface area contributed by atoms with Crippen molar-refractivity contribution >= 4 is 0 Å². The van der Waals surface area contributed by atoms with Crippen molar-refractivity contribution in [2.45, 2.75) is 53.1 Å². The minimum atomic E-state index is -0.696. The largest absolute Gasteiger partial charge is 0.496 e. The molecule has 0 aliphatic heterocycles. The summed E-state index contributed by atoms with van der Waals surface area (Å²) in [6.07, 6.45) is 3.11. The lowest BCUT2D eigenvalue weighted by Crippen LogP contribution is -2.37. The van der Waals surface area contributed by atoms with Crippen molar-refractivity contribution in [2.24, 2.45) is 5.92 Å². The van der Waals surface area contributed by atoms with Gasteiger partial charge in [0.1, 0.15) is 5.75 Å². The summed E-state index contributed by atoms with van der Waals surface area (Å²) in [5, 5.41) is 10.6. The summed E-state index contributed by atoms with van der Waals surface area (Å²) in [4.78, 5) is 4.46. The molecule has 0 spiro atoms. The first-order valence-corrected chi connectivity index (χ1v) is 6.57. The van der Waals surface area contributed by atoms with Crippen LogP contribution in [-0.2, 0) is 6.42 Å². The molecule has 1 heterocycles. The number of rotatable bonds is 5. The van der Waals surface area contributed by atoms with Gasteiger partial charge in [-0.15, -0.1) is 0 Å². The van der Waals surface area contributed by atoms with Crippen molar-refractivity contribution in [2.75, 3.05) is 7.11 Å². The number of aryl methyl sites for hydroxylation is 1. The van der Waals surface area contributed by atoms with Crippen LogP contribution in [0.4, 0.5) is 0 Å². The molecule has 3 nitrogen and oxygen atoms in total. The van der Waals surface area contributed by atoms with E-state index in [0.717, 1.165) is 29.0 Å². The van der Waals surface area contributed by atoms with E-state index in [4.69, 9.17) is 4.74 Å². The molecule has 1 rings (SSSR count). The summed E-state index contributed by atoms with van der Waals surface area (Å²) in [6, 6.07) is 0. The summed E-state index contributed by atoms with van der Waals surface area (Å²) in [5.74, 6) is 1.08. The standard InChI is InChI=1S/C15H25NO2/c1-7-15(17,10(2)3)8-13-12(5)14(18-6)11(4)9-16-13/h9-10,17H,7-8H2,1-6H3. The number of pyridine rings is 1. The number of hydrogen-bond donors (Lipinski definition) is 1. The SMILES string of the molecule is CCC(O)(Cc1ncc(C)c(OC)c1C)C(C)C. The highest BCUT2D eigenvalue weighted by molar-refractivity contribution is 5.41. The Balaban J connectivity index is 3.12. The van der Waals surface area contributed by atoms with Crippen LogP contribution in [0.15, 0.2) is 6.20 Å². The molecular weight excluding hydrogens is 226 g/mol. The van der Waals surface area contributed by atoms with E-state index < -0.39 is 5.60 Å². The van der Waals surface area contributed by atoms with Gasteiger partial charge in [-0.3, -0.25) is 4.98 Å². The third kappa shape index (κ3) is 2.83. The lowest BCUT2D eigenvalue weighted by molar-refractivity contribution is -0.00928. The van der Waals surface area contributed by atoms with Crippen LogP contribution >= 0.6 is 0 Å². The molecule has 1 unspecified atom stereocenters. The number of ether oxygens (including phenoxy) is 1. The highest BCUT2D eigenvalue weighted by atomic mass is 16.5. The van der Waals surface area contributed by atoms with E-state index in [9.17, 15) is 5.11 Å². The first kappa shape index (κ1) is 15.0. The number of methoxy groups -OCH3 is 1. The molecule has 1 atom stereocenters. The van der Waals surface area contributed by atoms with Gasteiger partial charge in [-0.25, -0.2) is 0 Å². The molecule has 0 amide bonds. The lowest BCUT2D eigenvalue weighted by atomic mass is 9.82. The summed E-state index contributed by atoms with van der Waals surface area (Å²) in [6.45, 7) is 10.1. The van der Waals surface area contributed by atoms with Gasteiger partial charge in [-0.2, -0.15) is 0 Å². The molecule has 0 aliphatic carbocycles. The van der Waals surface area contributed by atoms with Gasteiger partial charge >= 0.3 is 0 Å². The van der Waals surface area contributed by atoms with Gasteiger partial charge in [-0.1, -0.05) is 20.8 Å². The van der Waals surface area contributed by atoms with Crippen LogP contribution < -0.4 is 4.74 Å². The fraction of sp³-hybridized carbons (Fsp3) is 0.667. The molecule has 0 aromatic carbocycles. The summed E-state index contributed by atoms with van der Waals surface area (Å²) in [5.41, 5.74) is 2.29. The van der Waals surface area contributed by atoms with Gasteiger partial charge in [0, 0.05) is 29.4 Å². The monoisotopic (exact) mass is 251 g/mol. The fourth-order valence-corrected chi connectivity index (χ4v) is 2.28. The van der Waals surface area contributed by atoms with Crippen molar-refractivity contribution < 1.29 is 9.84 Å². The van der Waals surface area contributed by atoms with Crippen molar-refractivity contribution in [3.8, 4) is 5.75 Å². The van der Waals surface area contributed by atoms with Crippen LogP contribution in [0.25, 0.3) is 0 Å². The van der Waals surface area contributed by atoms with E-state index in [1.807, 2.05) is 40.8 Å². The van der Waals surface area contributed by atoms with Gasteiger partial charge in [0.05, 0.1) is 12.7 Å². The Hall–Kier alpha value is -1.09. The van der Waals surface area contributed by atoms with E-state index in [1.165, 1.54) is 0 Å². The molecule has 1 aromatic rings. The molecule has 0 fully saturated rings. The maximum atomic E-state index is 10.6. The second-order valence-corrected chi connectivity index (χ2v) is 5.33. The minimum absolute atomic E-state index is 0.205. The maximum Gasteiger partial charge on any atom is 0.128 e. The van der Waals surface area contributed by atoms with E-state index in [2.05, 4.69) is 4.98 Å². The molecule has 3 heteroatoms. The molecular formula is C15H25NO2. The zero-order valence-electron chi connectivity index (χ0n) is 12.4. The van der Waals surface area contributed by atoms with Crippen molar-refractivity contribution in [1.29, 1.82) is 0 Å². The molecule has 0 bridgehead atoms. The molecule has 18 heavy (non-hydrogen) atoms. The molecule has 102 valence electrons. The Bertz CT molecular complexity index is 415. The van der Waals surface area contributed by atoms with Gasteiger partial charge in [0.25, 0.3) is 0 Å². The second kappa shape index (κ2) is 5.70. The Morgan fingerprint density at radius 3 is 2.44 bits per heavy atom. The molecule has 0 saturated carbocycles. The quantitative estimate of drug-likeness (QED) is 0.874. The maximum absolute atomic E-state index is 10.6. The molecule has 0 radical (unpaired) electrons. The van der Waals surface area contributed by atoms with E-state index >= 15 is 0 Å². The first-order valence-electron chi connectivity index (χ1n) is 6.57. The first-order chi connectivity index (χ1) is 8.35. The summed E-state index contributed by atoms with van der Waals surface area (Å²) in [7, 11) is 1.67. The van der Waals surface area contributed by atoms with Crippen LogP contribution in [0.1, 0.15) is 44.0 Å². The predicted octanol–water partition coefficient (Wildman–Crippen LogP) is 3.05. The fourth-order valence-electron chi connectivity index (χ4n) is 2.28. The molecule has 1 aromatic heterocycles. The van der Waals surface area contributed by atoms with Crippen LogP contribution in [0, 0.1) is 19.8 Å². The predicted molar refractivity (Wildman–Crippen MR) is 74.0 cm³/mol. The third-order valence-electron chi connectivity index (χ3n) is 3.91. The second-order valence-electron chi connectivity index (χ2n) is 5.33. The summed E-state index contributed by atoms with van der Waals surface area (Å²) >= 11 is 0. The van der Waals surface area contributed by atoms with Gasteiger partial charge in [-0.05, 0) is 26.2 Å². The molecule has 1 N–H and O–H groups in total. The van der Waals surface area contributed by atoms with Gasteiger partial charge in [0.2, 0.25) is 0 Å². The highest BCUT2D eigenvalue weighted by Gasteiger charge is 2.30. The van der Waals surface area contributed by atoms with Crippen LogP contribution in [0.2, 0.25) is 0 Å². The van der Waals surface area contributed by atoms with Crippen molar-refractivity contribution in [3.05, 3.63) is 23.0 Å². The molecule has 0 saturated heterocycles. The van der Waals surface area contributed by atoms with Crippen LogP contribution in [0.5, 0.6) is 5.75 Å². The lowest BCUT2D eigenvalue weighted by Gasteiger charge is -2.31. The summed E-state index contributed by atoms with van der Waals surface area (Å²) < 4.78 is 5.40. The van der Waals surface area contributed by atoms with E-state index in [1.54, 1.807) is 7.11 Å². The number of aromatic nitrogens is 1. The van der Waals surface area contributed by atoms with Crippen molar-refractivity contribution in [1.82, 2.24) is 4.98 Å². The number of hydrogen-bond acceptors (Lipinski definition) is 3. The van der Waals surface area contributed by atoms with Gasteiger partial charge in [0.15, 0.2) is 0 Å². The van der Waals surface area contributed by atoms with E-state index in [0.29, 0.717) is 6.42 Å². The Labute approximate surface area is 110 Å². The van der Waals surface area contributed by atoms with E-state index in [-0.39, 0.29) is 5.92 Å². The average Bonchev–Trinajstić information content (AvgIpc) is 2.33. The molecule has 0 aliphatic rings. The smallest absolute Gasteiger partial charge is 0.128 e. The minimum Gasteiger partial charge on any atom is -0.496 e. The normalized spacial score (nSPS) is 14.7. The van der Waals surface area contributed by atoms with Crippen LogP contribution in [-0.4, -0.2) is 22.8 Å². The Morgan fingerprint density at radius 2 is 2.00 bits per heavy atom. The third-order valence-corrected chi connectivity index (χ3v) is 3.91. The average molecular weight is 251 g/mol. The Kier molecular flexibility index (Phi) is 4.74. The zero-order chi connectivity index (χ0) is 13.9.